The van der Waals surface area contributed by atoms with Crippen LogP contribution >= 0.6 is 46.4 Å². The summed E-state index contributed by atoms with van der Waals surface area (Å²) in [6, 6.07) is 6.06. The van der Waals surface area contributed by atoms with Crippen molar-refractivity contribution in [2.24, 2.45) is 0 Å². The van der Waals surface area contributed by atoms with Gasteiger partial charge in [0.05, 0.1) is 11.6 Å². The van der Waals surface area contributed by atoms with E-state index in [0.29, 0.717) is 10.0 Å². The fourth-order valence-electron chi connectivity index (χ4n) is 1.72. The van der Waals surface area contributed by atoms with Gasteiger partial charge >= 0.3 is 0 Å². The minimum Gasteiger partial charge on any atom is -0.345 e. The van der Waals surface area contributed by atoms with Crippen molar-refractivity contribution in [1.29, 1.82) is 0 Å². The average Bonchev–Trinajstić information content (AvgIpc) is 2.41. The Labute approximate surface area is 141 Å². The van der Waals surface area contributed by atoms with Crippen molar-refractivity contribution >= 4 is 52.3 Å². The lowest BCUT2D eigenvalue weighted by Gasteiger charge is -2.16. The second-order valence-electron chi connectivity index (χ2n) is 4.23. The Morgan fingerprint density at radius 2 is 1.86 bits per heavy atom. The summed E-state index contributed by atoms with van der Waals surface area (Å²) in [4.78, 5) is 12.2. The molecule has 1 N–H and O–H groups in total. The van der Waals surface area contributed by atoms with Gasteiger partial charge in [0.25, 0.3) is 5.91 Å². The summed E-state index contributed by atoms with van der Waals surface area (Å²) in [6.07, 6.45) is 0. The molecule has 110 valence electrons. The van der Waals surface area contributed by atoms with Crippen molar-refractivity contribution < 1.29 is 4.79 Å². The molecule has 0 aliphatic rings. The molecule has 1 aromatic heterocycles. The van der Waals surface area contributed by atoms with Gasteiger partial charge < -0.3 is 5.32 Å². The molecule has 0 radical (unpaired) electrons. The normalized spacial score (nSPS) is 12.0. The Bertz CT molecular complexity index is 693. The molecule has 8 heteroatoms. The lowest BCUT2D eigenvalue weighted by molar-refractivity contribution is 0.0939. The van der Waals surface area contributed by atoms with Crippen molar-refractivity contribution in [1.82, 2.24) is 15.5 Å². The van der Waals surface area contributed by atoms with Crippen LogP contribution in [0.1, 0.15) is 28.9 Å². The molecule has 0 aliphatic carbocycles. The maximum absolute atomic E-state index is 12.2. The van der Waals surface area contributed by atoms with Crippen LogP contribution in [-0.4, -0.2) is 16.1 Å². The molecule has 21 heavy (non-hydrogen) atoms. The van der Waals surface area contributed by atoms with Crippen LogP contribution in [0, 0.1) is 0 Å². The lowest BCUT2D eigenvalue weighted by atomic mass is 10.1. The average molecular weight is 365 g/mol. The summed E-state index contributed by atoms with van der Waals surface area (Å²) >= 11 is 23.5. The summed E-state index contributed by atoms with van der Waals surface area (Å²) in [7, 11) is 0. The van der Waals surface area contributed by atoms with Crippen LogP contribution in [-0.2, 0) is 0 Å². The highest BCUT2D eigenvalue weighted by Gasteiger charge is 2.17. The number of carbonyl (C=O) groups excluding carboxylic acids is 1. The first-order valence-electron chi connectivity index (χ1n) is 5.83. The van der Waals surface area contributed by atoms with Crippen molar-refractivity contribution in [2.45, 2.75) is 13.0 Å². The maximum Gasteiger partial charge on any atom is 0.255 e. The zero-order valence-electron chi connectivity index (χ0n) is 10.7. The Balaban J connectivity index is 2.20. The molecule has 1 amide bonds. The van der Waals surface area contributed by atoms with E-state index in [4.69, 9.17) is 46.4 Å². The minimum absolute atomic E-state index is 0.0219. The summed E-state index contributed by atoms with van der Waals surface area (Å²) in [5, 5.41) is 11.0. The summed E-state index contributed by atoms with van der Waals surface area (Å²) in [6.45, 7) is 1.79. The predicted molar refractivity (Wildman–Crippen MR) is 84.4 cm³/mol. The fourth-order valence-corrected chi connectivity index (χ4v) is 2.61. The van der Waals surface area contributed by atoms with E-state index in [1.54, 1.807) is 25.1 Å². The van der Waals surface area contributed by atoms with Gasteiger partial charge in [0.2, 0.25) is 0 Å². The van der Waals surface area contributed by atoms with Crippen LogP contribution in [0.5, 0.6) is 0 Å². The highest BCUT2D eigenvalue weighted by Crippen LogP contribution is 2.26. The number of aromatic nitrogens is 2. The van der Waals surface area contributed by atoms with E-state index in [1.807, 2.05) is 0 Å². The number of halogens is 4. The molecule has 2 aromatic rings. The van der Waals surface area contributed by atoms with Crippen LogP contribution in [0.25, 0.3) is 0 Å². The van der Waals surface area contributed by atoms with E-state index >= 15 is 0 Å². The van der Waals surface area contributed by atoms with Crippen LogP contribution in [0.4, 0.5) is 0 Å². The van der Waals surface area contributed by atoms with Crippen molar-refractivity contribution in [2.75, 3.05) is 0 Å². The fraction of sp³-hybridized carbons (Fsp3) is 0.154. The van der Waals surface area contributed by atoms with Crippen LogP contribution in [0.15, 0.2) is 24.3 Å². The molecule has 0 saturated heterocycles. The summed E-state index contributed by atoms with van der Waals surface area (Å²) < 4.78 is 0. The van der Waals surface area contributed by atoms with Crippen LogP contribution in [0.2, 0.25) is 20.4 Å². The van der Waals surface area contributed by atoms with E-state index in [-0.39, 0.29) is 21.9 Å². The van der Waals surface area contributed by atoms with Crippen molar-refractivity contribution in [3.8, 4) is 0 Å². The molecule has 1 unspecified atom stereocenters. The maximum atomic E-state index is 12.2. The van der Waals surface area contributed by atoms with Gasteiger partial charge in [-0.3, -0.25) is 4.79 Å². The standard InChI is InChI=1S/C13H9Cl4N3O/c1-6(8-3-2-7(14)4-10(8)15)18-13(21)9-5-11(16)19-20-12(9)17/h2-6H,1H3,(H,18,21). The molecule has 0 fully saturated rings. The number of nitrogens with zero attached hydrogens (tertiary/aromatic N) is 2. The number of hydrogen-bond donors (Lipinski definition) is 1. The van der Waals surface area contributed by atoms with Gasteiger partial charge in [0.1, 0.15) is 0 Å². The van der Waals surface area contributed by atoms with Crippen molar-refractivity contribution in [3.05, 3.63) is 55.7 Å². The van der Waals surface area contributed by atoms with Gasteiger partial charge in [0, 0.05) is 10.0 Å². The molecule has 1 heterocycles. The molecular weight excluding hydrogens is 356 g/mol. The van der Waals surface area contributed by atoms with E-state index in [0.717, 1.165) is 5.56 Å². The Kier molecular flexibility index (Phi) is 5.27. The van der Waals surface area contributed by atoms with Gasteiger partial charge in [-0.2, -0.15) is 0 Å². The number of rotatable bonds is 3. The highest BCUT2D eigenvalue weighted by atomic mass is 35.5. The molecule has 0 spiro atoms. The first-order chi connectivity index (χ1) is 9.88. The summed E-state index contributed by atoms with van der Waals surface area (Å²) in [5.74, 6) is -0.421. The number of amides is 1. The molecule has 0 saturated carbocycles. The number of benzene rings is 1. The number of hydrogen-bond acceptors (Lipinski definition) is 3. The topological polar surface area (TPSA) is 54.9 Å². The Morgan fingerprint density at radius 1 is 1.14 bits per heavy atom. The van der Waals surface area contributed by atoms with Gasteiger partial charge in [-0.15, -0.1) is 10.2 Å². The molecular formula is C13H9Cl4N3O. The van der Waals surface area contributed by atoms with Gasteiger partial charge in [-0.25, -0.2) is 0 Å². The summed E-state index contributed by atoms with van der Waals surface area (Å²) in [5.41, 5.74) is 0.882. The zero-order chi connectivity index (χ0) is 15.6. The zero-order valence-corrected chi connectivity index (χ0v) is 13.7. The number of carbonyl (C=O) groups is 1. The van der Waals surface area contributed by atoms with Gasteiger partial charge in [-0.1, -0.05) is 52.5 Å². The number of nitrogens with one attached hydrogen (secondary N) is 1. The third kappa shape index (κ3) is 3.98. The van der Waals surface area contributed by atoms with E-state index in [1.165, 1.54) is 6.07 Å². The minimum atomic E-state index is -0.421. The molecule has 0 bridgehead atoms. The van der Waals surface area contributed by atoms with Crippen LogP contribution < -0.4 is 5.32 Å². The lowest BCUT2D eigenvalue weighted by Crippen LogP contribution is -2.27. The SMILES string of the molecule is CC(NC(=O)c1cc(Cl)nnc1Cl)c1ccc(Cl)cc1Cl. The first kappa shape index (κ1) is 16.3. The molecule has 1 atom stereocenters. The third-order valence-corrected chi connectivity index (χ3v) is 3.77. The van der Waals surface area contributed by atoms with Crippen LogP contribution in [0.3, 0.4) is 0 Å². The monoisotopic (exact) mass is 363 g/mol. The Morgan fingerprint density at radius 3 is 2.52 bits per heavy atom. The van der Waals surface area contributed by atoms with E-state index < -0.39 is 5.91 Å². The molecule has 2 rings (SSSR count). The highest BCUT2D eigenvalue weighted by molar-refractivity contribution is 6.35. The molecule has 4 nitrogen and oxygen atoms in total. The van der Waals surface area contributed by atoms with Gasteiger partial charge in [0.15, 0.2) is 10.3 Å². The predicted octanol–water partition coefficient (Wildman–Crippen LogP) is 4.58. The first-order valence-corrected chi connectivity index (χ1v) is 7.34. The van der Waals surface area contributed by atoms with Crippen molar-refractivity contribution in [3.63, 3.8) is 0 Å². The smallest absolute Gasteiger partial charge is 0.255 e. The Hall–Kier alpha value is -1.07. The third-order valence-electron chi connectivity index (χ3n) is 2.74. The largest absolute Gasteiger partial charge is 0.345 e. The molecule has 1 aromatic carbocycles. The van der Waals surface area contributed by atoms with E-state index in [2.05, 4.69) is 15.5 Å². The molecule has 0 aliphatic heterocycles. The second kappa shape index (κ2) is 6.79. The quantitative estimate of drug-likeness (QED) is 0.866. The van der Waals surface area contributed by atoms with E-state index in [9.17, 15) is 4.79 Å². The second-order valence-corrected chi connectivity index (χ2v) is 5.82. The van der Waals surface area contributed by atoms with Gasteiger partial charge in [-0.05, 0) is 30.7 Å².